The number of para-hydroxylation sites is 2. The molecule has 3 N–H and O–H groups in total. The Balaban J connectivity index is 1.96. The van der Waals surface area contributed by atoms with Crippen LogP contribution in [0.5, 0.6) is 0 Å². The summed E-state index contributed by atoms with van der Waals surface area (Å²) in [6.07, 6.45) is 0. The lowest BCUT2D eigenvalue weighted by molar-refractivity contribution is -0.385. The molecule has 2 aromatic heterocycles. The van der Waals surface area contributed by atoms with Gasteiger partial charge < -0.3 is 9.84 Å². The molecule has 1 aromatic carbocycles. The number of nitrogen functional groups attached to an aromatic ring is 1. The summed E-state index contributed by atoms with van der Waals surface area (Å²) in [5.74, 6) is 5.46. The van der Waals surface area contributed by atoms with E-state index in [1.54, 1.807) is 6.07 Å². The topological polar surface area (TPSA) is 120 Å². The molecule has 9 heteroatoms. The molecule has 0 fully saturated rings. The summed E-state index contributed by atoms with van der Waals surface area (Å²) in [4.78, 5) is 18.8. The van der Waals surface area contributed by atoms with Gasteiger partial charge in [-0.1, -0.05) is 12.1 Å². The van der Waals surface area contributed by atoms with Crippen molar-refractivity contribution in [1.29, 1.82) is 0 Å². The third-order valence-electron chi connectivity index (χ3n) is 2.61. The molecule has 3 rings (SSSR count). The first-order valence-electron chi connectivity index (χ1n) is 5.82. The number of nitro groups is 1. The van der Waals surface area contributed by atoms with Crippen LogP contribution in [0.3, 0.4) is 0 Å². The van der Waals surface area contributed by atoms with Crippen molar-refractivity contribution in [3.05, 3.63) is 46.5 Å². The van der Waals surface area contributed by atoms with E-state index >= 15 is 0 Å². The Kier molecular flexibility index (Phi) is 3.42. The van der Waals surface area contributed by atoms with Crippen molar-refractivity contribution < 1.29 is 9.34 Å². The fourth-order valence-electron chi connectivity index (χ4n) is 1.71. The largest absolute Gasteiger partial charge is 0.431 e. The van der Waals surface area contributed by atoms with Gasteiger partial charge in [0.2, 0.25) is 0 Å². The number of nitrogens with one attached hydrogen (secondary N) is 1. The van der Waals surface area contributed by atoms with Crippen molar-refractivity contribution in [2.75, 3.05) is 5.43 Å². The summed E-state index contributed by atoms with van der Waals surface area (Å²) in [5, 5.41) is 11.6. The Morgan fingerprint density at radius 3 is 2.81 bits per heavy atom. The van der Waals surface area contributed by atoms with E-state index in [-0.39, 0.29) is 11.5 Å². The van der Waals surface area contributed by atoms with Gasteiger partial charge in [-0.25, -0.2) is 15.8 Å². The molecule has 0 saturated heterocycles. The van der Waals surface area contributed by atoms with E-state index in [1.807, 2.05) is 18.2 Å². The normalized spacial score (nSPS) is 10.7. The average molecular weight is 303 g/mol. The number of benzene rings is 1. The molecule has 0 saturated carbocycles. The monoisotopic (exact) mass is 303 g/mol. The van der Waals surface area contributed by atoms with Crippen molar-refractivity contribution in [2.24, 2.45) is 5.84 Å². The molecule has 0 atom stereocenters. The summed E-state index contributed by atoms with van der Waals surface area (Å²) in [6.45, 7) is 0. The highest BCUT2D eigenvalue weighted by Gasteiger charge is 2.14. The highest BCUT2D eigenvalue weighted by atomic mass is 32.2. The minimum Gasteiger partial charge on any atom is -0.431 e. The summed E-state index contributed by atoms with van der Waals surface area (Å²) >= 11 is 1.09. The third kappa shape index (κ3) is 2.78. The van der Waals surface area contributed by atoms with Gasteiger partial charge in [0.15, 0.2) is 5.58 Å². The van der Waals surface area contributed by atoms with Gasteiger partial charge in [0.25, 0.3) is 10.9 Å². The van der Waals surface area contributed by atoms with E-state index in [4.69, 9.17) is 10.3 Å². The fraction of sp³-hybridized carbons (Fsp3) is 0. The van der Waals surface area contributed by atoms with E-state index in [0.29, 0.717) is 21.3 Å². The van der Waals surface area contributed by atoms with Crippen LogP contribution in [0, 0.1) is 10.1 Å². The Morgan fingerprint density at radius 1 is 1.29 bits per heavy atom. The summed E-state index contributed by atoms with van der Waals surface area (Å²) in [6, 6.07) is 9.87. The zero-order valence-electron chi connectivity index (χ0n) is 10.5. The molecular formula is C12H9N5O3S. The van der Waals surface area contributed by atoms with Gasteiger partial charge in [-0.15, -0.1) is 0 Å². The molecule has 106 valence electrons. The molecule has 0 aliphatic rings. The summed E-state index contributed by atoms with van der Waals surface area (Å²) < 4.78 is 5.54. The van der Waals surface area contributed by atoms with Gasteiger partial charge in [0.05, 0.1) is 11.0 Å². The smallest absolute Gasteiger partial charge is 0.275 e. The predicted molar refractivity (Wildman–Crippen MR) is 76.8 cm³/mol. The molecule has 0 aliphatic heterocycles. The van der Waals surface area contributed by atoms with Crippen molar-refractivity contribution in [3.8, 4) is 0 Å². The highest BCUT2D eigenvalue weighted by molar-refractivity contribution is 7.99. The van der Waals surface area contributed by atoms with Crippen LogP contribution in [-0.4, -0.2) is 14.9 Å². The maximum Gasteiger partial charge on any atom is 0.275 e. The molecule has 8 nitrogen and oxygen atoms in total. The molecule has 2 heterocycles. The number of fused-ring (bicyclic) bond motifs is 1. The maximum atomic E-state index is 10.9. The van der Waals surface area contributed by atoms with Crippen molar-refractivity contribution in [1.82, 2.24) is 9.97 Å². The zero-order valence-corrected chi connectivity index (χ0v) is 11.3. The number of hydrogen-bond donors (Lipinski definition) is 2. The Bertz CT molecular complexity index is 787. The SMILES string of the molecule is NNc1cc([N+](=O)[O-])cc(Sc2nc3ccccc3o2)n1. The Morgan fingerprint density at radius 2 is 2.10 bits per heavy atom. The first kappa shape index (κ1) is 13.3. The zero-order chi connectivity index (χ0) is 14.8. The van der Waals surface area contributed by atoms with Gasteiger partial charge in [-0.05, 0) is 23.9 Å². The minimum absolute atomic E-state index is 0.114. The van der Waals surface area contributed by atoms with Crippen LogP contribution in [0.15, 0.2) is 51.1 Å². The predicted octanol–water partition coefficient (Wildman–Crippen LogP) is 2.57. The summed E-state index contributed by atoms with van der Waals surface area (Å²) in [7, 11) is 0. The van der Waals surface area contributed by atoms with E-state index in [2.05, 4.69) is 15.4 Å². The van der Waals surface area contributed by atoms with E-state index < -0.39 is 4.92 Å². The number of oxazole rings is 1. The second kappa shape index (κ2) is 5.38. The highest BCUT2D eigenvalue weighted by Crippen LogP contribution is 2.31. The number of anilines is 1. The lowest BCUT2D eigenvalue weighted by atomic mass is 10.3. The van der Waals surface area contributed by atoms with Crippen LogP contribution in [-0.2, 0) is 0 Å². The number of nitrogens with zero attached hydrogens (tertiary/aromatic N) is 3. The number of hydrazine groups is 1. The molecular weight excluding hydrogens is 294 g/mol. The van der Waals surface area contributed by atoms with Gasteiger partial charge in [-0.2, -0.15) is 0 Å². The number of rotatable bonds is 4. The van der Waals surface area contributed by atoms with Crippen LogP contribution >= 0.6 is 11.8 Å². The molecule has 0 bridgehead atoms. The van der Waals surface area contributed by atoms with Crippen molar-refractivity contribution in [3.63, 3.8) is 0 Å². The first-order valence-corrected chi connectivity index (χ1v) is 6.64. The number of nitrogens with two attached hydrogens (primary N) is 1. The molecule has 0 radical (unpaired) electrons. The molecule has 0 amide bonds. The Labute approximate surface area is 122 Å². The first-order chi connectivity index (χ1) is 10.2. The van der Waals surface area contributed by atoms with E-state index in [1.165, 1.54) is 12.1 Å². The van der Waals surface area contributed by atoms with Crippen LogP contribution in [0.25, 0.3) is 11.1 Å². The van der Waals surface area contributed by atoms with Gasteiger partial charge >= 0.3 is 0 Å². The fourth-order valence-corrected chi connectivity index (χ4v) is 2.49. The van der Waals surface area contributed by atoms with E-state index in [0.717, 1.165) is 11.8 Å². The molecule has 3 aromatic rings. The van der Waals surface area contributed by atoms with Crippen LogP contribution in [0.2, 0.25) is 0 Å². The second-order valence-electron chi connectivity index (χ2n) is 4.00. The maximum absolute atomic E-state index is 10.9. The van der Waals surface area contributed by atoms with Gasteiger partial charge in [0.1, 0.15) is 16.4 Å². The summed E-state index contributed by atoms with van der Waals surface area (Å²) in [5.41, 5.74) is 3.53. The average Bonchev–Trinajstić information content (AvgIpc) is 2.88. The molecule has 0 unspecified atom stereocenters. The number of pyridine rings is 1. The quantitative estimate of drug-likeness (QED) is 0.428. The van der Waals surface area contributed by atoms with Crippen LogP contribution in [0.1, 0.15) is 0 Å². The molecule has 0 spiro atoms. The lowest BCUT2D eigenvalue weighted by Crippen LogP contribution is -2.09. The molecule has 21 heavy (non-hydrogen) atoms. The second-order valence-corrected chi connectivity index (χ2v) is 4.97. The van der Waals surface area contributed by atoms with Crippen molar-refractivity contribution >= 4 is 34.4 Å². The number of hydrogen-bond acceptors (Lipinski definition) is 8. The van der Waals surface area contributed by atoms with Crippen LogP contribution < -0.4 is 11.3 Å². The third-order valence-corrected chi connectivity index (χ3v) is 3.38. The van der Waals surface area contributed by atoms with Crippen LogP contribution in [0.4, 0.5) is 11.5 Å². The van der Waals surface area contributed by atoms with Gasteiger partial charge in [-0.3, -0.25) is 10.1 Å². The number of aromatic nitrogens is 2. The minimum atomic E-state index is -0.515. The Hall–Kier alpha value is -2.65. The van der Waals surface area contributed by atoms with Crippen molar-refractivity contribution in [2.45, 2.75) is 10.2 Å². The standard InChI is InChI=1S/C12H9N5O3S/c13-16-10-5-7(17(18)19)6-11(15-10)21-12-14-8-3-1-2-4-9(8)20-12/h1-6H,13H2,(H,15,16). The van der Waals surface area contributed by atoms with Gasteiger partial charge in [0, 0.05) is 6.07 Å². The van der Waals surface area contributed by atoms with E-state index in [9.17, 15) is 10.1 Å². The molecule has 0 aliphatic carbocycles. The lowest BCUT2D eigenvalue weighted by Gasteiger charge is -2.02.